The molecule has 3 nitrogen and oxygen atoms in total. The van der Waals surface area contributed by atoms with E-state index in [-0.39, 0.29) is 17.3 Å². The highest BCUT2D eigenvalue weighted by Gasteiger charge is 2.08. The van der Waals surface area contributed by atoms with Crippen LogP contribution in [0.25, 0.3) is 0 Å². The van der Waals surface area contributed by atoms with Crippen molar-refractivity contribution in [1.82, 2.24) is 0 Å². The Balaban J connectivity index is 2.61. The Morgan fingerprint density at radius 2 is 2.38 bits per heavy atom. The Kier molecular flexibility index (Phi) is 4.80. The second-order valence-corrected chi connectivity index (χ2v) is 3.95. The first-order chi connectivity index (χ1) is 7.69. The molecule has 0 spiro atoms. The number of hydrogen-bond donors (Lipinski definition) is 0. The molecular weight excluding hydrogens is 229 g/mol. The van der Waals surface area contributed by atoms with Gasteiger partial charge in [0.05, 0.1) is 18.4 Å². The first-order valence-electron chi connectivity index (χ1n) is 4.51. The summed E-state index contributed by atoms with van der Waals surface area (Å²) in [6, 6.07) is 6.41. The number of ether oxygens (including phenoxy) is 1. The molecule has 1 aromatic carbocycles. The summed E-state index contributed by atoms with van der Waals surface area (Å²) in [6.45, 7) is 0. The van der Waals surface area contributed by atoms with Crippen LogP contribution in [0.5, 0.6) is 0 Å². The van der Waals surface area contributed by atoms with E-state index in [4.69, 9.17) is 5.26 Å². The highest BCUT2D eigenvalue weighted by Crippen LogP contribution is 2.18. The molecule has 1 rings (SSSR count). The van der Waals surface area contributed by atoms with E-state index in [9.17, 15) is 9.18 Å². The maximum Gasteiger partial charge on any atom is 0.315 e. The predicted molar refractivity (Wildman–Crippen MR) is 59.3 cm³/mol. The maximum atomic E-state index is 13.5. The number of carbonyl (C=O) groups is 1. The van der Waals surface area contributed by atoms with Crippen LogP contribution < -0.4 is 0 Å². The molecule has 5 heteroatoms. The summed E-state index contributed by atoms with van der Waals surface area (Å²) in [6.07, 6.45) is 0. The van der Waals surface area contributed by atoms with Gasteiger partial charge in [-0.2, -0.15) is 5.26 Å². The smallest absolute Gasteiger partial charge is 0.315 e. The molecule has 0 unspecified atom stereocenters. The summed E-state index contributed by atoms with van der Waals surface area (Å²) in [4.78, 5) is 10.8. The van der Waals surface area contributed by atoms with Crippen LogP contribution in [0.4, 0.5) is 4.39 Å². The van der Waals surface area contributed by atoms with Gasteiger partial charge in [-0.1, -0.05) is 12.1 Å². The second-order valence-electron chi connectivity index (χ2n) is 2.96. The lowest BCUT2D eigenvalue weighted by Crippen LogP contribution is -2.03. The van der Waals surface area contributed by atoms with Crippen molar-refractivity contribution in [3.05, 3.63) is 35.1 Å². The number of halogens is 1. The van der Waals surface area contributed by atoms with Gasteiger partial charge in [-0.15, -0.1) is 11.8 Å². The molecule has 0 saturated carbocycles. The van der Waals surface area contributed by atoms with E-state index in [0.29, 0.717) is 11.3 Å². The highest BCUT2D eigenvalue weighted by molar-refractivity contribution is 7.99. The van der Waals surface area contributed by atoms with Crippen molar-refractivity contribution < 1.29 is 13.9 Å². The minimum Gasteiger partial charge on any atom is -0.468 e. The zero-order valence-electron chi connectivity index (χ0n) is 8.70. The third kappa shape index (κ3) is 3.24. The Bertz CT molecular complexity index is 428. The fraction of sp³-hybridized carbons (Fsp3) is 0.273. The molecule has 0 aliphatic rings. The lowest BCUT2D eigenvalue weighted by molar-refractivity contribution is -0.137. The van der Waals surface area contributed by atoms with Crippen molar-refractivity contribution >= 4 is 17.7 Å². The minimum atomic E-state index is -0.512. The van der Waals surface area contributed by atoms with Crippen LogP contribution in [0.2, 0.25) is 0 Å². The average molecular weight is 239 g/mol. The molecule has 84 valence electrons. The van der Waals surface area contributed by atoms with E-state index in [1.165, 1.54) is 24.9 Å². The molecule has 0 atom stereocenters. The molecule has 0 N–H and O–H groups in total. The lowest BCUT2D eigenvalue weighted by atomic mass is 10.1. The second kappa shape index (κ2) is 6.13. The normalized spacial score (nSPS) is 9.56. The monoisotopic (exact) mass is 239 g/mol. The van der Waals surface area contributed by atoms with Gasteiger partial charge in [0.15, 0.2) is 0 Å². The van der Waals surface area contributed by atoms with Crippen molar-refractivity contribution in [2.45, 2.75) is 5.75 Å². The summed E-state index contributed by atoms with van der Waals surface area (Å²) in [5.41, 5.74) is 0.448. The lowest BCUT2D eigenvalue weighted by Gasteiger charge is -2.03. The Morgan fingerprint density at radius 3 is 3.00 bits per heavy atom. The van der Waals surface area contributed by atoms with Crippen molar-refractivity contribution in [2.24, 2.45) is 0 Å². The van der Waals surface area contributed by atoms with E-state index >= 15 is 0 Å². The topological polar surface area (TPSA) is 50.1 Å². The number of nitriles is 1. The van der Waals surface area contributed by atoms with Crippen molar-refractivity contribution in [1.29, 1.82) is 5.26 Å². The first kappa shape index (κ1) is 12.5. The van der Waals surface area contributed by atoms with Crippen LogP contribution >= 0.6 is 11.8 Å². The third-order valence-electron chi connectivity index (χ3n) is 1.90. The van der Waals surface area contributed by atoms with Gasteiger partial charge >= 0.3 is 5.97 Å². The number of rotatable bonds is 4. The molecule has 1 aromatic rings. The van der Waals surface area contributed by atoms with Gasteiger partial charge in [0.2, 0.25) is 0 Å². The van der Waals surface area contributed by atoms with Gasteiger partial charge in [0.1, 0.15) is 11.9 Å². The van der Waals surface area contributed by atoms with Crippen LogP contribution in [0.1, 0.15) is 11.1 Å². The SMILES string of the molecule is COC(=O)CSCc1cccc(C#N)c1F. The van der Waals surface area contributed by atoms with Crippen LogP contribution in [-0.2, 0) is 15.3 Å². The fourth-order valence-corrected chi connectivity index (χ4v) is 1.91. The summed E-state index contributed by atoms with van der Waals surface area (Å²) in [5, 5.41) is 8.62. The molecule has 0 aliphatic heterocycles. The van der Waals surface area contributed by atoms with E-state index in [0.717, 1.165) is 0 Å². The molecule has 0 radical (unpaired) electrons. The van der Waals surface area contributed by atoms with Crippen LogP contribution in [0.3, 0.4) is 0 Å². The number of esters is 1. The zero-order chi connectivity index (χ0) is 12.0. The van der Waals surface area contributed by atoms with E-state index in [1.54, 1.807) is 18.2 Å². The third-order valence-corrected chi connectivity index (χ3v) is 2.86. The number of benzene rings is 1. The summed E-state index contributed by atoms with van der Waals surface area (Å²) in [5.74, 6) is -0.340. The number of carbonyl (C=O) groups excluding carboxylic acids is 1. The molecule has 0 bridgehead atoms. The molecular formula is C11H10FNO2S. The quantitative estimate of drug-likeness (QED) is 0.755. The average Bonchev–Trinajstić information content (AvgIpc) is 2.31. The first-order valence-corrected chi connectivity index (χ1v) is 5.66. The highest BCUT2D eigenvalue weighted by atomic mass is 32.2. The van der Waals surface area contributed by atoms with E-state index < -0.39 is 5.82 Å². The van der Waals surface area contributed by atoms with E-state index in [1.807, 2.05) is 0 Å². The van der Waals surface area contributed by atoms with Crippen molar-refractivity contribution in [3.63, 3.8) is 0 Å². The summed E-state index contributed by atoms with van der Waals surface area (Å²) >= 11 is 1.25. The fourth-order valence-electron chi connectivity index (χ4n) is 1.08. The van der Waals surface area contributed by atoms with Gasteiger partial charge in [0, 0.05) is 5.75 Å². The van der Waals surface area contributed by atoms with Gasteiger partial charge in [0.25, 0.3) is 0 Å². The number of methoxy groups -OCH3 is 1. The molecule has 0 heterocycles. The van der Waals surface area contributed by atoms with Gasteiger partial charge in [-0.05, 0) is 11.6 Å². The largest absolute Gasteiger partial charge is 0.468 e. The molecule has 16 heavy (non-hydrogen) atoms. The van der Waals surface area contributed by atoms with Crippen molar-refractivity contribution in [3.8, 4) is 6.07 Å². The van der Waals surface area contributed by atoms with Gasteiger partial charge < -0.3 is 4.74 Å². The van der Waals surface area contributed by atoms with Gasteiger partial charge in [-0.25, -0.2) is 4.39 Å². The molecule has 0 aliphatic carbocycles. The predicted octanol–water partition coefficient (Wildman–Crippen LogP) is 2.10. The zero-order valence-corrected chi connectivity index (χ0v) is 9.51. The molecule has 0 saturated heterocycles. The standard InChI is InChI=1S/C11H10FNO2S/c1-15-10(14)7-16-6-9-4-2-3-8(5-13)11(9)12/h2-4H,6-7H2,1H3. The number of thioether (sulfide) groups is 1. The van der Waals surface area contributed by atoms with Gasteiger partial charge in [-0.3, -0.25) is 4.79 Å². The number of nitrogens with zero attached hydrogens (tertiary/aromatic N) is 1. The van der Waals surface area contributed by atoms with Crippen LogP contribution in [0, 0.1) is 17.1 Å². The van der Waals surface area contributed by atoms with E-state index in [2.05, 4.69) is 4.74 Å². The maximum absolute atomic E-state index is 13.5. The van der Waals surface area contributed by atoms with Crippen molar-refractivity contribution in [2.75, 3.05) is 12.9 Å². The molecule has 0 fully saturated rings. The summed E-state index contributed by atoms with van der Waals surface area (Å²) in [7, 11) is 1.31. The molecule has 0 aromatic heterocycles. The Labute approximate surface area is 97.2 Å². The Hall–Kier alpha value is -1.54. The molecule has 0 amide bonds. The summed E-state index contributed by atoms with van der Waals surface area (Å²) < 4.78 is 18.0. The van der Waals surface area contributed by atoms with Crippen LogP contribution in [-0.4, -0.2) is 18.8 Å². The Morgan fingerprint density at radius 1 is 1.62 bits per heavy atom. The minimum absolute atomic E-state index is 0.0242. The number of hydrogen-bond acceptors (Lipinski definition) is 4. The van der Waals surface area contributed by atoms with Crippen LogP contribution in [0.15, 0.2) is 18.2 Å².